The molecule has 2 amide bonds. The van der Waals surface area contributed by atoms with Crippen LogP contribution in [-0.4, -0.2) is 45.9 Å². The number of amides is 2. The molecule has 0 aliphatic carbocycles. The standard InChI is InChI=1S/C27H32ClN3O3/c1-17(2)22(30-24(32)21-7-5-6-18-12-14-29-23(18)21)25(33)31-15-13-27(34,26(3,4)16-31)19-8-10-20(28)11-9-19/h5-12,14,17,22,29,34H,13,15-16H2,1-4H3,(H,30,32)/t22-,27+/m1/s1. The molecule has 1 aliphatic heterocycles. The molecule has 0 spiro atoms. The van der Waals surface area contributed by atoms with Gasteiger partial charge in [-0.1, -0.05) is 63.6 Å². The summed E-state index contributed by atoms with van der Waals surface area (Å²) in [6.07, 6.45) is 2.19. The maximum absolute atomic E-state index is 13.6. The van der Waals surface area contributed by atoms with E-state index in [1.807, 2.05) is 58.0 Å². The number of rotatable bonds is 5. The number of hydrogen-bond acceptors (Lipinski definition) is 3. The van der Waals surface area contributed by atoms with Crippen molar-refractivity contribution < 1.29 is 14.7 Å². The highest BCUT2D eigenvalue weighted by atomic mass is 35.5. The number of benzene rings is 2. The summed E-state index contributed by atoms with van der Waals surface area (Å²) in [5.74, 6) is -0.512. The molecule has 2 atom stereocenters. The van der Waals surface area contributed by atoms with Crippen molar-refractivity contribution in [3.63, 3.8) is 0 Å². The van der Waals surface area contributed by atoms with E-state index in [1.54, 1.807) is 29.3 Å². The van der Waals surface area contributed by atoms with Gasteiger partial charge in [0.05, 0.1) is 16.7 Å². The third-order valence-corrected chi connectivity index (χ3v) is 7.39. The SMILES string of the molecule is CC(C)[C@@H](NC(=O)c1cccc2cc[nH]c12)C(=O)N1CC[C@](O)(c2ccc(Cl)cc2)C(C)(C)C1. The average Bonchev–Trinajstić information content (AvgIpc) is 3.28. The molecule has 3 N–H and O–H groups in total. The van der Waals surface area contributed by atoms with Crippen LogP contribution in [0.4, 0.5) is 0 Å². The molecule has 2 heterocycles. The molecule has 1 aliphatic rings. The Morgan fingerprint density at radius 3 is 2.47 bits per heavy atom. The highest BCUT2D eigenvalue weighted by Crippen LogP contribution is 2.46. The second-order valence-corrected chi connectivity index (χ2v) is 10.6. The van der Waals surface area contributed by atoms with E-state index in [0.717, 1.165) is 16.5 Å². The van der Waals surface area contributed by atoms with Gasteiger partial charge in [-0.25, -0.2) is 0 Å². The van der Waals surface area contributed by atoms with Crippen LogP contribution in [0.15, 0.2) is 54.7 Å². The summed E-state index contributed by atoms with van der Waals surface area (Å²) in [5, 5.41) is 16.2. The smallest absolute Gasteiger partial charge is 0.254 e. The fourth-order valence-electron chi connectivity index (χ4n) is 4.97. The van der Waals surface area contributed by atoms with Crippen LogP contribution in [-0.2, 0) is 10.4 Å². The first kappa shape index (κ1) is 24.3. The molecule has 2 aromatic carbocycles. The van der Waals surface area contributed by atoms with Crippen molar-refractivity contribution in [2.24, 2.45) is 11.3 Å². The molecule has 4 rings (SSSR count). The van der Waals surface area contributed by atoms with E-state index in [1.165, 1.54) is 0 Å². The van der Waals surface area contributed by atoms with Gasteiger partial charge in [-0.3, -0.25) is 9.59 Å². The predicted molar refractivity (Wildman–Crippen MR) is 135 cm³/mol. The zero-order valence-electron chi connectivity index (χ0n) is 20.1. The molecule has 0 saturated carbocycles. The Morgan fingerprint density at radius 2 is 1.82 bits per heavy atom. The zero-order valence-corrected chi connectivity index (χ0v) is 20.8. The second-order valence-electron chi connectivity index (χ2n) is 10.2. The molecular formula is C27H32ClN3O3. The van der Waals surface area contributed by atoms with Crippen molar-refractivity contribution in [3.8, 4) is 0 Å². The molecule has 0 unspecified atom stereocenters. The summed E-state index contributed by atoms with van der Waals surface area (Å²) in [7, 11) is 0. The lowest BCUT2D eigenvalue weighted by atomic mass is 9.66. The number of carbonyl (C=O) groups is 2. The third kappa shape index (κ3) is 4.32. The average molecular weight is 482 g/mol. The van der Waals surface area contributed by atoms with Gasteiger partial charge in [0.15, 0.2) is 0 Å². The van der Waals surface area contributed by atoms with Gasteiger partial charge in [-0.05, 0) is 42.2 Å². The second kappa shape index (κ2) is 9.08. The molecule has 6 nitrogen and oxygen atoms in total. The molecule has 7 heteroatoms. The first-order chi connectivity index (χ1) is 16.0. The van der Waals surface area contributed by atoms with Crippen molar-refractivity contribution in [1.82, 2.24) is 15.2 Å². The maximum Gasteiger partial charge on any atom is 0.254 e. The quantitative estimate of drug-likeness (QED) is 0.492. The number of aliphatic hydroxyl groups is 1. The van der Waals surface area contributed by atoms with E-state index in [0.29, 0.717) is 30.1 Å². The molecular weight excluding hydrogens is 450 g/mol. The lowest BCUT2D eigenvalue weighted by Gasteiger charge is -2.51. The monoisotopic (exact) mass is 481 g/mol. The summed E-state index contributed by atoms with van der Waals surface area (Å²) in [5.41, 5.74) is 0.366. The number of fused-ring (bicyclic) bond motifs is 1. The van der Waals surface area contributed by atoms with E-state index in [4.69, 9.17) is 11.6 Å². The van der Waals surface area contributed by atoms with Gasteiger partial charge in [-0.2, -0.15) is 0 Å². The normalized spacial score (nSPS) is 21.0. The van der Waals surface area contributed by atoms with Gasteiger partial charge in [0.1, 0.15) is 6.04 Å². The fourth-order valence-corrected chi connectivity index (χ4v) is 5.10. The van der Waals surface area contributed by atoms with Crippen molar-refractivity contribution in [1.29, 1.82) is 0 Å². The Bertz CT molecular complexity index is 1200. The van der Waals surface area contributed by atoms with Crippen LogP contribution in [0, 0.1) is 11.3 Å². The fraction of sp³-hybridized carbons (Fsp3) is 0.407. The molecule has 3 aromatic rings. The number of carbonyl (C=O) groups excluding carboxylic acids is 2. The van der Waals surface area contributed by atoms with E-state index in [2.05, 4.69) is 10.3 Å². The lowest BCUT2D eigenvalue weighted by Crippen LogP contribution is -2.60. The van der Waals surface area contributed by atoms with Crippen LogP contribution >= 0.6 is 11.6 Å². The predicted octanol–water partition coefficient (Wildman–Crippen LogP) is 4.72. The Labute approximate surface area is 205 Å². The maximum atomic E-state index is 13.6. The minimum atomic E-state index is -1.09. The van der Waals surface area contributed by atoms with Crippen LogP contribution in [0.5, 0.6) is 0 Å². The van der Waals surface area contributed by atoms with Crippen molar-refractivity contribution in [2.75, 3.05) is 13.1 Å². The van der Waals surface area contributed by atoms with E-state index < -0.39 is 17.1 Å². The highest BCUT2D eigenvalue weighted by molar-refractivity contribution is 6.30. The number of aromatic nitrogens is 1. The number of nitrogens with one attached hydrogen (secondary N) is 2. The van der Waals surface area contributed by atoms with Gasteiger partial charge in [0, 0.05) is 35.1 Å². The summed E-state index contributed by atoms with van der Waals surface area (Å²) < 4.78 is 0. The number of para-hydroxylation sites is 1. The van der Waals surface area contributed by atoms with Gasteiger partial charge in [0.2, 0.25) is 5.91 Å². The summed E-state index contributed by atoms with van der Waals surface area (Å²) in [6, 6.07) is 14.0. The molecule has 0 radical (unpaired) electrons. The van der Waals surface area contributed by atoms with Crippen molar-refractivity contribution in [3.05, 3.63) is 70.9 Å². The first-order valence-corrected chi connectivity index (χ1v) is 12.1. The summed E-state index contributed by atoms with van der Waals surface area (Å²) in [4.78, 5) is 31.6. The topological polar surface area (TPSA) is 85.4 Å². The van der Waals surface area contributed by atoms with E-state index in [-0.39, 0.29) is 17.7 Å². The Morgan fingerprint density at radius 1 is 1.12 bits per heavy atom. The highest BCUT2D eigenvalue weighted by Gasteiger charge is 2.50. The lowest BCUT2D eigenvalue weighted by molar-refractivity contribution is -0.155. The minimum Gasteiger partial charge on any atom is -0.384 e. The zero-order chi connectivity index (χ0) is 24.7. The largest absolute Gasteiger partial charge is 0.384 e. The number of halogens is 1. The van der Waals surface area contributed by atoms with Crippen LogP contribution in [0.1, 0.15) is 50.0 Å². The van der Waals surface area contributed by atoms with Crippen LogP contribution in [0.25, 0.3) is 10.9 Å². The van der Waals surface area contributed by atoms with Gasteiger partial charge >= 0.3 is 0 Å². The number of likely N-dealkylation sites (tertiary alicyclic amines) is 1. The number of nitrogens with zero attached hydrogens (tertiary/aromatic N) is 1. The number of piperidine rings is 1. The van der Waals surface area contributed by atoms with Gasteiger partial charge < -0.3 is 20.3 Å². The molecule has 1 fully saturated rings. The van der Waals surface area contributed by atoms with Crippen molar-refractivity contribution >= 4 is 34.3 Å². The molecule has 1 aromatic heterocycles. The molecule has 180 valence electrons. The molecule has 0 bridgehead atoms. The summed E-state index contributed by atoms with van der Waals surface area (Å²) >= 11 is 6.04. The Balaban J connectivity index is 1.53. The van der Waals surface area contributed by atoms with Crippen molar-refractivity contribution in [2.45, 2.75) is 45.8 Å². The molecule has 34 heavy (non-hydrogen) atoms. The Kier molecular flexibility index (Phi) is 6.49. The number of hydrogen-bond donors (Lipinski definition) is 3. The first-order valence-electron chi connectivity index (χ1n) is 11.7. The van der Waals surface area contributed by atoms with E-state index >= 15 is 0 Å². The number of aromatic amines is 1. The third-order valence-electron chi connectivity index (χ3n) is 7.13. The van der Waals surface area contributed by atoms with Gasteiger partial charge in [0.25, 0.3) is 5.91 Å². The van der Waals surface area contributed by atoms with Crippen LogP contribution in [0.2, 0.25) is 5.02 Å². The van der Waals surface area contributed by atoms with Gasteiger partial charge in [-0.15, -0.1) is 0 Å². The summed E-state index contributed by atoms with van der Waals surface area (Å²) in [6.45, 7) is 8.56. The Hall–Kier alpha value is -2.83. The van der Waals surface area contributed by atoms with E-state index in [9.17, 15) is 14.7 Å². The van der Waals surface area contributed by atoms with Crippen LogP contribution in [0.3, 0.4) is 0 Å². The van der Waals surface area contributed by atoms with Crippen LogP contribution < -0.4 is 5.32 Å². The molecule has 1 saturated heterocycles. The minimum absolute atomic E-state index is 0.0977. The number of H-pyrrole nitrogens is 1.